The molecule has 2 heterocycles. The Morgan fingerprint density at radius 2 is 2.17 bits per heavy atom. The number of H-pyrrole nitrogens is 1. The van der Waals surface area contributed by atoms with E-state index in [0.29, 0.717) is 43.3 Å². The molecule has 2 N–H and O–H groups in total. The summed E-state index contributed by atoms with van der Waals surface area (Å²) >= 11 is 0. The van der Waals surface area contributed by atoms with Crippen molar-refractivity contribution in [1.29, 1.82) is 0 Å². The van der Waals surface area contributed by atoms with Gasteiger partial charge in [0.15, 0.2) is 0 Å². The molecule has 8 nitrogen and oxygen atoms in total. The van der Waals surface area contributed by atoms with Crippen LogP contribution in [0.25, 0.3) is 10.9 Å². The quantitative estimate of drug-likeness (QED) is 0.663. The van der Waals surface area contributed by atoms with Crippen LogP contribution in [0, 0.1) is 0 Å². The molecule has 0 spiro atoms. The minimum Gasteiger partial charge on any atom is -0.356 e. The van der Waals surface area contributed by atoms with Gasteiger partial charge in [0.1, 0.15) is 0 Å². The lowest BCUT2D eigenvalue weighted by molar-refractivity contribution is -0.121. The van der Waals surface area contributed by atoms with Gasteiger partial charge in [-0.25, -0.2) is 4.98 Å². The van der Waals surface area contributed by atoms with E-state index >= 15 is 0 Å². The normalized spacial score (nSPS) is 10.8. The molecule has 3 rings (SSSR count). The lowest BCUT2D eigenvalue weighted by Gasteiger charge is -2.07. The Morgan fingerprint density at radius 3 is 3.00 bits per heavy atom. The molecule has 0 radical (unpaired) electrons. The summed E-state index contributed by atoms with van der Waals surface area (Å²) in [4.78, 5) is 28.4. The molecule has 1 amide bonds. The first kappa shape index (κ1) is 15.9. The third-order valence-electron chi connectivity index (χ3n) is 3.70. The van der Waals surface area contributed by atoms with Crippen LogP contribution >= 0.6 is 0 Å². The number of amides is 1. The second kappa shape index (κ2) is 7.49. The molecule has 24 heavy (non-hydrogen) atoms. The fraction of sp³-hybridized carbons (Fsp3) is 0.312. The molecule has 0 unspecified atom stereocenters. The van der Waals surface area contributed by atoms with Crippen molar-refractivity contribution in [1.82, 2.24) is 30.3 Å². The van der Waals surface area contributed by atoms with E-state index in [1.807, 2.05) is 18.2 Å². The van der Waals surface area contributed by atoms with Crippen LogP contribution in [0.4, 0.5) is 0 Å². The molecule has 0 atom stereocenters. The monoisotopic (exact) mass is 326 g/mol. The second-order valence-electron chi connectivity index (χ2n) is 5.43. The van der Waals surface area contributed by atoms with Gasteiger partial charge < -0.3 is 5.32 Å². The number of aromatic amines is 1. The number of carbonyl (C=O) groups is 1. The third kappa shape index (κ3) is 3.83. The van der Waals surface area contributed by atoms with E-state index in [-0.39, 0.29) is 11.5 Å². The Bertz CT molecular complexity index is 872. The Hall–Kier alpha value is -3.03. The Kier molecular flexibility index (Phi) is 4.95. The van der Waals surface area contributed by atoms with Gasteiger partial charge in [0.25, 0.3) is 5.56 Å². The number of benzene rings is 1. The topological polar surface area (TPSA) is 106 Å². The minimum atomic E-state index is -0.0768. The molecule has 0 fully saturated rings. The van der Waals surface area contributed by atoms with Crippen LogP contribution in [0.15, 0.2) is 41.6 Å². The van der Waals surface area contributed by atoms with Crippen LogP contribution in [0.2, 0.25) is 0 Å². The van der Waals surface area contributed by atoms with E-state index in [1.54, 1.807) is 16.8 Å². The van der Waals surface area contributed by atoms with Gasteiger partial charge in [-0.2, -0.15) is 15.4 Å². The van der Waals surface area contributed by atoms with Crippen molar-refractivity contribution in [2.24, 2.45) is 0 Å². The number of hydrogen-bond acceptors (Lipinski definition) is 5. The van der Waals surface area contributed by atoms with E-state index in [0.717, 1.165) is 5.69 Å². The number of nitrogens with one attached hydrogen (secondary N) is 2. The van der Waals surface area contributed by atoms with Crippen LogP contribution in [0.5, 0.6) is 0 Å². The summed E-state index contributed by atoms with van der Waals surface area (Å²) in [7, 11) is 0. The summed E-state index contributed by atoms with van der Waals surface area (Å²) in [6, 6.07) is 7.24. The molecule has 2 aromatic heterocycles. The number of carbonyl (C=O) groups excluding carboxylic acids is 1. The third-order valence-corrected chi connectivity index (χ3v) is 3.70. The Labute approximate surface area is 137 Å². The van der Waals surface area contributed by atoms with Crippen LogP contribution in [-0.4, -0.2) is 37.4 Å². The largest absolute Gasteiger partial charge is 0.356 e. The van der Waals surface area contributed by atoms with E-state index in [1.165, 1.54) is 6.33 Å². The Balaban J connectivity index is 1.47. The molecule has 124 valence electrons. The number of nitrogens with zero attached hydrogens (tertiary/aromatic N) is 4. The van der Waals surface area contributed by atoms with Crippen LogP contribution in [0.1, 0.15) is 18.5 Å². The molecular weight excluding hydrogens is 308 g/mol. The SMILES string of the molecule is O=C(CCCn1cnc2ccccc2c1=O)NCCc1cn[nH]n1. The van der Waals surface area contributed by atoms with Crippen molar-refractivity contribution < 1.29 is 4.79 Å². The van der Waals surface area contributed by atoms with Gasteiger partial charge in [0.2, 0.25) is 5.91 Å². The van der Waals surface area contributed by atoms with E-state index in [4.69, 9.17) is 0 Å². The zero-order valence-corrected chi connectivity index (χ0v) is 13.1. The zero-order chi connectivity index (χ0) is 16.8. The van der Waals surface area contributed by atoms with Crippen LogP contribution in [0.3, 0.4) is 0 Å². The highest BCUT2D eigenvalue weighted by molar-refractivity contribution is 5.77. The van der Waals surface area contributed by atoms with Crippen molar-refractivity contribution >= 4 is 16.8 Å². The van der Waals surface area contributed by atoms with Crippen molar-refractivity contribution in [2.45, 2.75) is 25.8 Å². The van der Waals surface area contributed by atoms with Crippen molar-refractivity contribution in [2.75, 3.05) is 6.54 Å². The van der Waals surface area contributed by atoms with Gasteiger partial charge >= 0.3 is 0 Å². The number of fused-ring (bicyclic) bond motifs is 1. The fourth-order valence-electron chi connectivity index (χ4n) is 2.44. The highest BCUT2D eigenvalue weighted by atomic mass is 16.1. The molecule has 0 saturated carbocycles. The standard InChI is InChI=1S/C16H18N6O2/c23-15(17-8-7-12-10-19-21-20-12)6-3-9-22-11-18-14-5-2-1-4-13(14)16(22)24/h1-2,4-5,10-11H,3,6-9H2,(H,17,23)(H,19,20,21). The minimum absolute atomic E-state index is 0.0414. The summed E-state index contributed by atoms with van der Waals surface area (Å²) in [6.07, 6.45) is 4.74. The lowest BCUT2D eigenvalue weighted by Crippen LogP contribution is -2.26. The summed E-state index contributed by atoms with van der Waals surface area (Å²) in [5.74, 6) is -0.0414. The van der Waals surface area contributed by atoms with Crippen LogP contribution in [-0.2, 0) is 17.8 Å². The highest BCUT2D eigenvalue weighted by Gasteiger charge is 2.05. The van der Waals surface area contributed by atoms with Gasteiger partial charge in [-0.3, -0.25) is 14.2 Å². The number of para-hydroxylation sites is 1. The van der Waals surface area contributed by atoms with Crippen molar-refractivity contribution in [3.8, 4) is 0 Å². The first-order valence-electron chi connectivity index (χ1n) is 7.79. The predicted molar refractivity (Wildman–Crippen MR) is 88.3 cm³/mol. The zero-order valence-electron chi connectivity index (χ0n) is 13.1. The van der Waals surface area contributed by atoms with Crippen molar-refractivity contribution in [3.63, 3.8) is 0 Å². The lowest BCUT2D eigenvalue weighted by atomic mass is 10.2. The van der Waals surface area contributed by atoms with E-state index < -0.39 is 0 Å². The average Bonchev–Trinajstić information content (AvgIpc) is 3.11. The van der Waals surface area contributed by atoms with E-state index in [9.17, 15) is 9.59 Å². The molecule has 8 heteroatoms. The average molecular weight is 326 g/mol. The molecule has 0 aliphatic heterocycles. The van der Waals surface area contributed by atoms with Gasteiger partial charge in [-0.05, 0) is 18.6 Å². The summed E-state index contributed by atoms with van der Waals surface area (Å²) in [6.45, 7) is 0.982. The first-order valence-corrected chi connectivity index (χ1v) is 7.79. The molecule has 0 saturated heterocycles. The van der Waals surface area contributed by atoms with Gasteiger partial charge in [0, 0.05) is 25.9 Å². The van der Waals surface area contributed by atoms with Gasteiger partial charge in [0.05, 0.1) is 29.1 Å². The molecule has 0 aliphatic rings. The first-order chi connectivity index (χ1) is 11.7. The number of hydrogen-bond donors (Lipinski definition) is 2. The van der Waals surface area contributed by atoms with Crippen LogP contribution < -0.4 is 10.9 Å². The molecule has 0 aliphatic carbocycles. The van der Waals surface area contributed by atoms with Gasteiger partial charge in [-0.15, -0.1) is 0 Å². The van der Waals surface area contributed by atoms with Crippen molar-refractivity contribution in [3.05, 3.63) is 52.8 Å². The predicted octanol–water partition coefficient (Wildman–Crippen LogP) is 0.654. The number of aromatic nitrogens is 5. The summed E-state index contributed by atoms with van der Waals surface area (Å²) in [5, 5.41) is 13.6. The maximum atomic E-state index is 12.3. The molecule has 3 aromatic rings. The smallest absolute Gasteiger partial charge is 0.261 e. The summed E-state index contributed by atoms with van der Waals surface area (Å²) in [5.41, 5.74) is 1.42. The van der Waals surface area contributed by atoms with Gasteiger partial charge in [-0.1, -0.05) is 12.1 Å². The molecular formula is C16H18N6O2. The number of aryl methyl sites for hydroxylation is 1. The second-order valence-corrected chi connectivity index (χ2v) is 5.43. The maximum Gasteiger partial charge on any atom is 0.261 e. The molecule has 1 aromatic carbocycles. The Morgan fingerprint density at radius 1 is 1.29 bits per heavy atom. The fourth-order valence-corrected chi connectivity index (χ4v) is 2.44. The summed E-state index contributed by atoms with van der Waals surface area (Å²) < 4.78 is 1.55. The maximum absolute atomic E-state index is 12.3. The van der Waals surface area contributed by atoms with E-state index in [2.05, 4.69) is 25.7 Å². The highest BCUT2D eigenvalue weighted by Crippen LogP contribution is 2.05. The number of rotatable bonds is 7. The molecule has 0 bridgehead atoms.